The monoisotopic (exact) mass is 394 g/mol. The van der Waals surface area contributed by atoms with Crippen LogP contribution in [0.5, 0.6) is 5.75 Å². The molecule has 2 rings (SSSR count). The number of nitrogens with one attached hydrogen (secondary N) is 2. The minimum atomic E-state index is -0.755. The molecule has 0 aliphatic rings. The van der Waals surface area contributed by atoms with E-state index < -0.39 is 17.6 Å². The highest BCUT2D eigenvalue weighted by molar-refractivity contribution is 9.10. The summed E-state index contributed by atoms with van der Waals surface area (Å²) in [6.07, 6.45) is 0. The van der Waals surface area contributed by atoms with E-state index in [9.17, 15) is 14.0 Å². The predicted octanol–water partition coefficient (Wildman–Crippen LogP) is 3.05. The number of halogens is 2. The molecule has 0 fully saturated rings. The fourth-order valence-corrected chi connectivity index (χ4v) is 2.43. The van der Waals surface area contributed by atoms with Gasteiger partial charge >= 0.3 is 0 Å². The molecule has 126 valence electrons. The number of ether oxygens (including phenoxy) is 1. The summed E-state index contributed by atoms with van der Waals surface area (Å²) < 4.78 is 19.6. The van der Waals surface area contributed by atoms with E-state index >= 15 is 0 Å². The molecule has 0 bridgehead atoms. The zero-order chi connectivity index (χ0) is 17.7. The lowest BCUT2D eigenvalue weighted by atomic mass is 10.1. The highest BCUT2D eigenvalue weighted by Crippen LogP contribution is 2.22. The first-order valence-electron chi connectivity index (χ1n) is 7.11. The van der Waals surface area contributed by atoms with Crippen molar-refractivity contribution in [1.29, 1.82) is 0 Å². The second kappa shape index (κ2) is 7.92. The summed E-state index contributed by atoms with van der Waals surface area (Å²) in [4.78, 5) is 23.6. The third-order valence-electron chi connectivity index (χ3n) is 3.24. The number of carbonyl (C=O) groups excluding carboxylic acids is 2. The molecule has 0 saturated heterocycles. The van der Waals surface area contributed by atoms with Crippen LogP contribution in [-0.4, -0.2) is 18.4 Å². The standard InChI is InChI=1S/C17H16BrFN2O3/c1-10-4-3-5-11(2)16(10)24-9-15(22)20-21-17(23)13-8-12(18)6-7-14(13)19/h3-8H,9H2,1-2H3,(H,20,22)(H,21,23). The van der Waals surface area contributed by atoms with Gasteiger partial charge in [0.05, 0.1) is 5.56 Å². The van der Waals surface area contributed by atoms with E-state index in [0.717, 1.165) is 17.2 Å². The molecular formula is C17H16BrFN2O3. The Bertz CT molecular complexity index is 760. The van der Waals surface area contributed by atoms with Crippen molar-refractivity contribution in [2.24, 2.45) is 0 Å². The lowest BCUT2D eigenvalue weighted by molar-refractivity contribution is -0.123. The van der Waals surface area contributed by atoms with Gasteiger partial charge in [-0.3, -0.25) is 20.4 Å². The SMILES string of the molecule is Cc1cccc(C)c1OCC(=O)NNC(=O)c1cc(Br)ccc1F. The van der Waals surface area contributed by atoms with Gasteiger partial charge in [0.25, 0.3) is 11.8 Å². The van der Waals surface area contributed by atoms with Crippen molar-refractivity contribution in [3.8, 4) is 5.75 Å². The van der Waals surface area contributed by atoms with Crippen LogP contribution in [0.25, 0.3) is 0 Å². The molecular weight excluding hydrogens is 379 g/mol. The number of benzene rings is 2. The van der Waals surface area contributed by atoms with Crippen LogP contribution in [0.3, 0.4) is 0 Å². The molecule has 0 aromatic heterocycles. The minimum absolute atomic E-state index is 0.180. The topological polar surface area (TPSA) is 67.4 Å². The maximum Gasteiger partial charge on any atom is 0.276 e. The first-order valence-corrected chi connectivity index (χ1v) is 7.91. The van der Waals surface area contributed by atoms with Crippen molar-refractivity contribution in [2.75, 3.05) is 6.61 Å². The Labute approximate surface area is 147 Å². The first kappa shape index (κ1) is 17.9. The predicted molar refractivity (Wildman–Crippen MR) is 91.1 cm³/mol. The van der Waals surface area contributed by atoms with E-state index in [-0.39, 0.29) is 12.2 Å². The number of carbonyl (C=O) groups is 2. The molecule has 0 spiro atoms. The average Bonchev–Trinajstić information content (AvgIpc) is 2.54. The fraction of sp³-hybridized carbons (Fsp3) is 0.176. The van der Waals surface area contributed by atoms with E-state index in [1.807, 2.05) is 32.0 Å². The Balaban J connectivity index is 1.89. The molecule has 0 saturated carbocycles. The molecule has 2 N–H and O–H groups in total. The lowest BCUT2D eigenvalue weighted by Crippen LogP contribution is -2.44. The summed E-state index contributed by atoms with van der Waals surface area (Å²) in [5.41, 5.74) is 5.98. The van der Waals surface area contributed by atoms with Crippen molar-refractivity contribution in [3.05, 3.63) is 63.4 Å². The van der Waals surface area contributed by atoms with Crippen LogP contribution in [0.1, 0.15) is 21.5 Å². The second-order valence-corrected chi connectivity index (χ2v) is 6.05. The Morgan fingerprint density at radius 1 is 1.12 bits per heavy atom. The summed E-state index contributed by atoms with van der Waals surface area (Å²) in [7, 11) is 0. The van der Waals surface area contributed by atoms with E-state index in [2.05, 4.69) is 26.8 Å². The van der Waals surface area contributed by atoms with Crippen molar-refractivity contribution in [2.45, 2.75) is 13.8 Å². The molecule has 0 aliphatic carbocycles. The van der Waals surface area contributed by atoms with Gasteiger partial charge in [-0.25, -0.2) is 4.39 Å². The Morgan fingerprint density at radius 2 is 1.79 bits per heavy atom. The van der Waals surface area contributed by atoms with Crippen LogP contribution in [0.4, 0.5) is 4.39 Å². The van der Waals surface area contributed by atoms with Crippen molar-refractivity contribution >= 4 is 27.7 Å². The summed E-state index contributed by atoms with van der Waals surface area (Å²) in [5.74, 6) is -1.37. The zero-order valence-corrected chi connectivity index (χ0v) is 14.7. The van der Waals surface area contributed by atoms with Gasteiger partial charge in [-0.2, -0.15) is 0 Å². The molecule has 2 aromatic carbocycles. The zero-order valence-electron chi connectivity index (χ0n) is 13.2. The van der Waals surface area contributed by atoms with Crippen molar-refractivity contribution < 1.29 is 18.7 Å². The number of hydrogen-bond donors (Lipinski definition) is 2. The Morgan fingerprint density at radius 3 is 2.46 bits per heavy atom. The Kier molecular flexibility index (Phi) is 5.92. The number of hydrogen-bond acceptors (Lipinski definition) is 3. The summed E-state index contributed by atoms with van der Waals surface area (Å²) >= 11 is 3.15. The van der Waals surface area contributed by atoms with Crippen molar-refractivity contribution in [3.63, 3.8) is 0 Å². The summed E-state index contributed by atoms with van der Waals surface area (Å²) in [6.45, 7) is 3.48. The molecule has 0 radical (unpaired) electrons. The van der Waals surface area contributed by atoms with Crippen LogP contribution >= 0.6 is 15.9 Å². The van der Waals surface area contributed by atoms with Gasteiger partial charge < -0.3 is 4.74 Å². The number of amides is 2. The molecule has 2 aromatic rings. The van der Waals surface area contributed by atoms with E-state index in [1.165, 1.54) is 12.1 Å². The fourth-order valence-electron chi connectivity index (χ4n) is 2.07. The molecule has 0 heterocycles. The van der Waals surface area contributed by atoms with Crippen LogP contribution in [-0.2, 0) is 4.79 Å². The van der Waals surface area contributed by atoms with Gasteiger partial charge in [-0.1, -0.05) is 34.1 Å². The summed E-state index contributed by atoms with van der Waals surface area (Å²) in [5, 5.41) is 0. The minimum Gasteiger partial charge on any atom is -0.483 e. The highest BCUT2D eigenvalue weighted by atomic mass is 79.9. The molecule has 0 unspecified atom stereocenters. The molecule has 5 nitrogen and oxygen atoms in total. The number of rotatable bonds is 4. The van der Waals surface area contributed by atoms with Crippen molar-refractivity contribution in [1.82, 2.24) is 10.9 Å². The van der Waals surface area contributed by atoms with Gasteiger partial charge in [0.15, 0.2) is 6.61 Å². The quantitative estimate of drug-likeness (QED) is 0.783. The number of para-hydroxylation sites is 1. The normalized spacial score (nSPS) is 10.2. The average molecular weight is 395 g/mol. The smallest absolute Gasteiger partial charge is 0.276 e. The maximum absolute atomic E-state index is 13.6. The van der Waals surface area contributed by atoms with E-state index in [4.69, 9.17) is 4.74 Å². The van der Waals surface area contributed by atoms with E-state index in [1.54, 1.807) is 0 Å². The summed E-state index contributed by atoms with van der Waals surface area (Å²) in [6, 6.07) is 9.60. The van der Waals surface area contributed by atoms with Gasteiger partial charge in [0.2, 0.25) is 0 Å². The lowest BCUT2D eigenvalue weighted by Gasteiger charge is -2.12. The third kappa shape index (κ3) is 4.55. The van der Waals surface area contributed by atoms with Gasteiger partial charge in [-0.05, 0) is 43.2 Å². The molecule has 0 aliphatic heterocycles. The molecule has 7 heteroatoms. The maximum atomic E-state index is 13.6. The van der Waals surface area contributed by atoms with Gasteiger partial charge in [0, 0.05) is 4.47 Å². The van der Waals surface area contributed by atoms with Crippen LogP contribution < -0.4 is 15.6 Å². The largest absolute Gasteiger partial charge is 0.483 e. The Hall–Kier alpha value is -2.41. The second-order valence-electron chi connectivity index (χ2n) is 5.14. The molecule has 24 heavy (non-hydrogen) atoms. The van der Waals surface area contributed by atoms with Crippen LogP contribution in [0.15, 0.2) is 40.9 Å². The molecule has 0 atom stereocenters. The van der Waals surface area contributed by atoms with Gasteiger partial charge in [-0.15, -0.1) is 0 Å². The number of aryl methyl sites for hydroxylation is 2. The first-order chi connectivity index (χ1) is 11.4. The van der Waals surface area contributed by atoms with Crippen LogP contribution in [0.2, 0.25) is 0 Å². The van der Waals surface area contributed by atoms with Crippen LogP contribution in [0, 0.1) is 19.7 Å². The highest BCUT2D eigenvalue weighted by Gasteiger charge is 2.13. The molecule has 2 amide bonds. The van der Waals surface area contributed by atoms with Gasteiger partial charge in [0.1, 0.15) is 11.6 Å². The number of hydrazine groups is 1. The third-order valence-corrected chi connectivity index (χ3v) is 3.74. The van der Waals surface area contributed by atoms with E-state index in [0.29, 0.717) is 10.2 Å².